The van der Waals surface area contributed by atoms with Crippen molar-refractivity contribution in [1.29, 1.82) is 0 Å². The molecule has 0 aliphatic heterocycles. The lowest BCUT2D eigenvalue weighted by Gasteiger charge is -2.16. The van der Waals surface area contributed by atoms with Gasteiger partial charge in [-0.1, -0.05) is 53.5 Å². The predicted molar refractivity (Wildman–Crippen MR) is 92.4 cm³/mol. The van der Waals surface area contributed by atoms with E-state index in [1.54, 1.807) is 45.9 Å². The fourth-order valence-corrected chi connectivity index (χ4v) is 1.77. The van der Waals surface area contributed by atoms with E-state index in [2.05, 4.69) is 6.92 Å². The predicted octanol–water partition coefficient (Wildman–Crippen LogP) is 4.38. The molecular formula is C19H28O5. The molecule has 0 amide bonds. The lowest BCUT2D eigenvalue weighted by Crippen LogP contribution is -2.19. The lowest BCUT2D eigenvalue weighted by atomic mass is 10.2. The molecule has 24 heavy (non-hydrogen) atoms. The van der Waals surface area contributed by atoms with Crippen molar-refractivity contribution in [2.45, 2.75) is 53.9 Å². The zero-order valence-corrected chi connectivity index (χ0v) is 15.3. The molecule has 5 heteroatoms. The number of benzene rings is 1. The number of carbonyl (C=O) groups is 2. The zero-order valence-electron chi connectivity index (χ0n) is 15.3. The minimum atomic E-state index is -0.401. The van der Waals surface area contributed by atoms with Gasteiger partial charge >= 0.3 is 11.9 Å². The van der Waals surface area contributed by atoms with Gasteiger partial charge in [-0.15, -0.1) is 0 Å². The smallest absolute Gasteiger partial charge is 0.314 e. The van der Waals surface area contributed by atoms with Crippen LogP contribution < -0.4 is 14.2 Å². The van der Waals surface area contributed by atoms with Crippen LogP contribution in [0.3, 0.4) is 0 Å². The van der Waals surface area contributed by atoms with E-state index in [-0.39, 0.29) is 29.3 Å². The molecule has 0 saturated heterocycles. The van der Waals surface area contributed by atoms with Crippen LogP contribution in [0, 0.1) is 11.8 Å². The number of carbonyl (C=O) groups excluding carboxylic acids is 2. The van der Waals surface area contributed by atoms with Gasteiger partial charge in [-0.3, -0.25) is 9.59 Å². The van der Waals surface area contributed by atoms with E-state index in [1.807, 2.05) is 0 Å². The molecule has 0 fully saturated rings. The third-order valence-corrected chi connectivity index (χ3v) is 3.30. The Labute approximate surface area is 144 Å². The van der Waals surface area contributed by atoms with Crippen LogP contribution in [0.1, 0.15) is 53.9 Å². The maximum atomic E-state index is 12.0. The van der Waals surface area contributed by atoms with Crippen LogP contribution in [0.5, 0.6) is 17.2 Å². The van der Waals surface area contributed by atoms with Crippen molar-refractivity contribution in [2.75, 3.05) is 6.61 Å². The van der Waals surface area contributed by atoms with E-state index < -0.39 is 5.97 Å². The second kappa shape index (κ2) is 9.96. The Morgan fingerprint density at radius 2 is 1.50 bits per heavy atom. The quantitative estimate of drug-likeness (QED) is 0.380. The van der Waals surface area contributed by atoms with Gasteiger partial charge in [-0.25, -0.2) is 0 Å². The average molecular weight is 336 g/mol. The maximum Gasteiger partial charge on any atom is 0.314 e. The molecule has 0 radical (unpaired) electrons. The average Bonchev–Trinajstić information content (AvgIpc) is 2.53. The topological polar surface area (TPSA) is 61.8 Å². The highest BCUT2D eigenvalue weighted by molar-refractivity contribution is 5.79. The van der Waals surface area contributed by atoms with E-state index >= 15 is 0 Å². The summed E-state index contributed by atoms with van der Waals surface area (Å²) >= 11 is 0. The normalized spacial score (nSPS) is 10.8. The minimum absolute atomic E-state index is 0.168. The summed E-state index contributed by atoms with van der Waals surface area (Å²) in [5.74, 6) is -0.590. The molecule has 0 bridgehead atoms. The second-order valence-electron chi connectivity index (χ2n) is 6.29. The summed E-state index contributed by atoms with van der Waals surface area (Å²) in [6.45, 7) is 9.60. The van der Waals surface area contributed by atoms with Crippen LogP contribution >= 0.6 is 0 Å². The molecule has 0 atom stereocenters. The number of unbranched alkanes of at least 4 members (excludes halogenated alkanes) is 2. The van der Waals surface area contributed by atoms with Crippen LogP contribution in [0.15, 0.2) is 18.2 Å². The van der Waals surface area contributed by atoms with Crippen molar-refractivity contribution in [3.05, 3.63) is 18.2 Å². The largest absolute Gasteiger partial charge is 0.490 e. The molecule has 0 unspecified atom stereocenters. The Hall–Kier alpha value is -2.04. The highest BCUT2D eigenvalue weighted by Gasteiger charge is 2.21. The molecule has 0 spiro atoms. The fraction of sp³-hybridized carbons (Fsp3) is 0.579. The second-order valence-corrected chi connectivity index (χ2v) is 6.29. The molecule has 1 aromatic rings. The van der Waals surface area contributed by atoms with Gasteiger partial charge in [0.05, 0.1) is 18.4 Å². The standard InChI is InChI=1S/C19H28O5/c1-6-7-8-12-22-15-10-9-11-16(23-18(20)13(2)3)17(15)24-19(21)14(4)5/h9-11,13-14H,6-8,12H2,1-5H3. The van der Waals surface area contributed by atoms with Gasteiger partial charge in [0.25, 0.3) is 0 Å². The summed E-state index contributed by atoms with van der Waals surface area (Å²) in [4.78, 5) is 23.9. The van der Waals surface area contributed by atoms with Crippen molar-refractivity contribution in [1.82, 2.24) is 0 Å². The monoisotopic (exact) mass is 336 g/mol. The molecule has 0 saturated carbocycles. The molecule has 5 nitrogen and oxygen atoms in total. The van der Waals surface area contributed by atoms with Crippen LogP contribution in [0.2, 0.25) is 0 Å². The first-order chi connectivity index (χ1) is 11.4. The molecule has 134 valence electrons. The summed E-state index contributed by atoms with van der Waals surface area (Å²) < 4.78 is 16.5. The molecule has 0 heterocycles. The van der Waals surface area contributed by atoms with Gasteiger partial charge in [0.15, 0.2) is 11.5 Å². The van der Waals surface area contributed by atoms with Crippen molar-refractivity contribution >= 4 is 11.9 Å². The number of esters is 2. The summed E-state index contributed by atoms with van der Waals surface area (Å²) in [7, 11) is 0. The van der Waals surface area contributed by atoms with Crippen molar-refractivity contribution in [3.8, 4) is 17.2 Å². The van der Waals surface area contributed by atoms with Crippen LogP contribution in [-0.4, -0.2) is 18.5 Å². The van der Waals surface area contributed by atoms with E-state index in [1.165, 1.54) is 0 Å². The van der Waals surface area contributed by atoms with Gasteiger partial charge < -0.3 is 14.2 Å². The first-order valence-electron chi connectivity index (χ1n) is 8.56. The highest BCUT2D eigenvalue weighted by atomic mass is 16.6. The van der Waals surface area contributed by atoms with Crippen molar-refractivity contribution < 1.29 is 23.8 Å². The van der Waals surface area contributed by atoms with Gasteiger partial charge in [0.2, 0.25) is 5.75 Å². The highest BCUT2D eigenvalue weighted by Crippen LogP contribution is 2.38. The first kappa shape index (κ1) is 20.0. The molecule has 1 rings (SSSR count). The van der Waals surface area contributed by atoms with Gasteiger partial charge in [0, 0.05) is 0 Å². The summed E-state index contributed by atoms with van der Waals surface area (Å²) in [5.41, 5.74) is 0. The van der Waals surface area contributed by atoms with Crippen molar-refractivity contribution in [3.63, 3.8) is 0 Å². The number of ether oxygens (including phenoxy) is 3. The van der Waals surface area contributed by atoms with Gasteiger partial charge in [0.1, 0.15) is 0 Å². The number of hydrogen-bond donors (Lipinski definition) is 0. The zero-order chi connectivity index (χ0) is 18.1. The molecule has 0 aromatic heterocycles. The maximum absolute atomic E-state index is 12.0. The SMILES string of the molecule is CCCCCOc1cccc(OC(=O)C(C)C)c1OC(=O)C(C)C. The summed E-state index contributed by atoms with van der Waals surface area (Å²) in [6, 6.07) is 5.02. The van der Waals surface area contributed by atoms with Gasteiger partial charge in [-0.2, -0.15) is 0 Å². The van der Waals surface area contributed by atoms with Crippen LogP contribution in [0.25, 0.3) is 0 Å². The Kier molecular flexibility index (Phi) is 8.30. The van der Waals surface area contributed by atoms with Gasteiger partial charge in [-0.05, 0) is 18.6 Å². The molecule has 0 N–H and O–H groups in total. The summed E-state index contributed by atoms with van der Waals surface area (Å²) in [6.07, 6.45) is 3.05. The fourth-order valence-electron chi connectivity index (χ4n) is 1.77. The van der Waals surface area contributed by atoms with Crippen LogP contribution in [-0.2, 0) is 9.59 Å². The molecule has 0 aliphatic rings. The molecule has 1 aromatic carbocycles. The van der Waals surface area contributed by atoms with Crippen molar-refractivity contribution in [2.24, 2.45) is 11.8 Å². The van der Waals surface area contributed by atoms with E-state index in [0.717, 1.165) is 19.3 Å². The van der Waals surface area contributed by atoms with E-state index in [4.69, 9.17) is 14.2 Å². The van der Waals surface area contributed by atoms with E-state index in [0.29, 0.717) is 12.4 Å². The molecular weight excluding hydrogens is 308 g/mol. The number of hydrogen-bond acceptors (Lipinski definition) is 5. The van der Waals surface area contributed by atoms with E-state index in [9.17, 15) is 9.59 Å². The first-order valence-corrected chi connectivity index (χ1v) is 8.56. The minimum Gasteiger partial charge on any atom is -0.490 e. The summed E-state index contributed by atoms with van der Waals surface area (Å²) in [5, 5.41) is 0. The van der Waals surface area contributed by atoms with Crippen LogP contribution in [0.4, 0.5) is 0 Å². The third-order valence-electron chi connectivity index (χ3n) is 3.30. The Bertz CT molecular complexity index is 549. The Morgan fingerprint density at radius 1 is 0.917 bits per heavy atom. The third kappa shape index (κ3) is 6.22. The molecule has 0 aliphatic carbocycles. The lowest BCUT2D eigenvalue weighted by molar-refractivity contribution is -0.140. The Balaban J connectivity index is 3.03. The Morgan fingerprint density at radius 3 is 2.08 bits per heavy atom. The number of para-hydroxylation sites is 1. The number of rotatable bonds is 9.